The lowest BCUT2D eigenvalue weighted by Crippen LogP contribution is -2.24. The summed E-state index contributed by atoms with van der Waals surface area (Å²) in [6.45, 7) is 6.19. The minimum Gasteiger partial charge on any atom is -0.493 e. The van der Waals surface area contributed by atoms with E-state index in [9.17, 15) is 0 Å². The van der Waals surface area contributed by atoms with Gasteiger partial charge in [-0.05, 0) is 20.5 Å². The molecule has 20 heavy (non-hydrogen) atoms. The number of methoxy groups -OCH3 is 1. The topological polar surface area (TPSA) is 56.3 Å². The zero-order valence-electron chi connectivity index (χ0n) is 13.3. The highest BCUT2D eigenvalue weighted by molar-refractivity contribution is 7.99. The average molecular weight is 300 g/mol. The Labute approximate surface area is 126 Å². The molecule has 0 spiro atoms. The molecule has 2 atom stereocenters. The largest absolute Gasteiger partial charge is 0.493 e. The smallest absolute Gasteiger partial charge is 0.161 e. The predicted octanol–water partition coefficient (Wildman–Crippen LogP) is 1.98. The van der Waals surface area contributed by atoms with Crippen molar-refractivity contribution in [3.63, 3.8) is 0 Å². The molecular formula is C14H28N4OS. The number of hydrogen-bond donors (Lipinski definition) is 1. The van der Waals surface area contributed by atoms with E-state index in [0.717, 1.165) is 36.7 Å². The predicted molar refractivity (Wildman–Crippen MR) is 86.5 cm³/mol. The number of thioether (sulfide) groups is 1. The first-order chi connectivity index (χ1) is 9.49. The molecule has 0 radical (unpaired) electrons. The van der Waals surface area contributed by atoms with Crippen LogP contribution in [0.4, 0.5) is 0 Å². The van der Waals surface area contributed by atoms with E-state index in [2.05, 4.69) is 37.9 Å². The Morgan fingerprint density at radius 3 is 2.75 bits per heavy atom. The molecule has 0 amide bonds. The normalized spacial score (nSPS) is 14.6. The molecule has 0 aliphatic heterocycles. The summed E-state index contributed by atoms with van der Waals surface area (Å²) in [4.78, 5) is 2.14. The number of nitrogens with zero attached hydrogens (tertiary/aromatic N) is 3. The molecule has 0 saturated carbocycles. The molecule has 6 heteroatoms. The summed E-state index contributed by atoms with van der Waals surface area (Å²) in [5.74, 6) is 1.68. The van der Waals surface area contributed by atoms with Gasteiger partial charge in [-0.15, -0.1) is 0 Å². The average Bonchev–Trinajstić information content (AvgIpc) is 2.84. The lowest BCUT2D eigenvalue weighted by atomic mass is 10.2. The first-order valence-electron chi connectivity index (χ1n) is 7.11. The Morgan fingerprint density at radius 2 is 2.20 bits per heavy atom. The van der Waals surface area contributed by atoms with Crippen molar-refractivity contribution in [2.45, 2.75) is 38.1 Å². The van der Waals surface area contributed by atoms with Crippen molar-refractivity contribution < 1.29 is 4.74 Å². The van der Waals surface area contributed by atoms with Gasteiger partial charge in [0.2, 0.25) is 0 Å². The van der Waals surface area contributed by atoms with Gasteiger partial charge in [0.05, 0.1) is 31.6 Å². The fraction of sp³-hybridized carbons (Fsp3) is 0.786. The maximum absolute atomic E-state index is 6.35. The second-order valence-electron chi connectivity index (χ2n) is 5.28. The van der Waals surface area contributed by atoms with Gasteiger partial charge < -0.3 is 15.4 Å². The number of nitrogens with two attached hydrogens (primary N) is 1. The Bertz CT molecular complexity index is 395. The Balaban J connectivity index is 2.76. The molecule has 116 valence electrons. The van der Waals surface area contributed by atoms with Crippen molar-refractivity contribution in [2.24, 2.45) is 5.73 Å². The zero-order chi connectivity index (χ0) is 15.1. The van der Waals surface area contributed by atoms with E-state index in [-0.39, 0.29) is 6.04 Å². The van der Waals surface area contributed by atoms with Gasteiger partial charge in [-0.3, -0.25) is 4.68 Å². The van der Waals surface area contributed by atoms with E-state index in [1.807, 2.05) is 16.4 Å². The molecule has 0 aromatic carbocycles. The highest BCUT2D eigenvalue weighted by Crippen LogP contribution is 2.27. The number of ether oxygens (including phenoxy) is 1. The molecule has 0 fully saturated rings. The van der Waals surface area contributed by atoms with Gasteiger partial charge in [0.25, 0.3) is 0 Å². The summed E-state index contributed by atoms with van der Waals surface area (Å²) in [7, 11) is 5.78. The van der Waals surface area contributed by atoms with E-state index >= 15 is 0 Å². The minimum atomic E-state index is -0.0476. The Morgan fingerprint density at radius 1 is 1.50 bits per heavy atom. The molecular weight excluding hydrogens is 272 g/mol. The van der Waals surface area contributed by atoms with E-state index in [0.29, 0.717) is 5.25 Å². The highest BCUT2D eigenvalue weighted by atomic mass is 32.2. The van der Waals surface area contributed by atoms with Gasteiger partial charge in [0.15, 0.2) is 5.75 Å². The summed E-state index contributed by atoms with van der Waals surface area (Å²) in [6, 6.07) is -0.0476. The zero-order valence-corrected chi connectivity index (χ0v) is 14.1. The van der Waals surface area contributed by atoms with Gasteiger partial charge in [0.1, 0.15) is 0 Å². The van der Waals surface area contributed by atoms with Crippen LogP contribution < -0.4 is 10.5 Å². The molecule has 5 nitrogen and oxygen atoms in total. The number of hydrogen-bond acceptors (Lipinski definition) is 5. The molecule has 1 aromatic heterocycles. The first-order valence-corrected chi connectivity index (χ1v) is 8.16. The number of likely N-dealkylation sites (N-methyl/N-ethyl adjacent to an activating group) is 1. The second kappa shape index (κ2) is 8.54. The maximum Gasteiger partial charge on any atom is 0.161 e. The quantitative estimate of drug-likeness (QED) is 0.756. The lowest BCUT2D eigenvalue weighted by Gasteiger charge is -2.18. The van der Waals surface area contributed by atoms with E-state index in [1.165, 1.54) is 0 Å². The summed E-state index contributed by atoms with van der Waals surface area (Å²) in [6.07, 6.45) is 2.92. The lowest BCUT2D eigenvalue weighted by molar-refractivity contribution is 0.362. The molecule has 0 bridgehead atoms. The standard InChI is InChI=1S/C14H28N4OS/c1-6-11(2)20-10-12(15)14-13(19-5)9-16-18(14)8-7-17(3)4/h9,11-12H,6-8,10,15H2,1-5H3. The fourth-order valence-corrected chi connectivity index (χ4v) is 2.78. The van der Waals surface area contributed by atoms with Crippen molar-refractivity contribution in [3.05, 3.63) is 11.9 Å². The third-order valence-corrected chi connectivity index (χ3v) is 4.76. The molecule has 1 aromatic rings. The van der Waals surface area contributed by atoms with Crippen LogP contribution in [0.15, 0.2) is 6.20 Å². The summed E-state index contributed by atoms with van der Waals surface area (Å²) in [5.41, 5.74) is 7.36. The summed E-state index contributed by atoms with van der Waals surface area (Å²) in [5, 5.41) is 5.03. The van der Waals surface area contributed by atoms with Gasteiger partial charge in [-0.25, -0.2) is 0 Å². The molecule has 0 saturated heterocycles. The van der Waals surface area contributed by atoms with Crippen molar-refractivity contribution in [3.8, 4) is 5.75 Å². The molecule has 2 N–H and O–H groups in total. The SMILES string of the molecule is CCC(C)SCC(N)c1c(OC)cnn1CCN(C)C. The third kappa shape index (κ3) is 5.00. The Kier molecular flexibility index (Phi) is 7.40. The van der Waals surface area contributed by atoms with Crippen LogP contribution in [-0.4, -0.2) is 53.4 Å². The first kappa shape index (κ1) is 17.3. The van der Waals surface area contributed by atoms with Gasteiger partial charge >= 0.3 is 0 Å². The molecule has 1 rings (SSSR count). The van der Waals surface area contributed by atoms with Crippen LogP contribution in [0.3, 0.4) is 0 Å². The van der Waals surface area contributed by atoms with Gasteiger partial charge in [0, 0.05) is 17.5 Å². The van der Waals surface area contributed by atoms with Crippen LogP contribution in [0.25, 0.3) is 0 Å². The van der Waals surface area contributed by atoms with Crippen LogP contribution in [0, 0.1) is 0 Å². The second-order valence-corrected chi connectivity index (χ2v) is 6.75. The molecule has 1 heterocycles. The Hall–Kier alpha value is -0.720. The maximum atomic E-state index is 6.35. The van der Waals surface area contributed by atoms with Crippen LogP contribution >= 0.6 is 11.8 Å². The summed E-state index contributed by atoms with van der Waals surface area (Å²) < 4.78 is 7.37. The third-order valence-electron chi connectivity index (χ3n) is 3.31. The molecule has 0 aliphatic rings. The fourth-order valence-electron chi connectivity index (χ4n) is 1.85. The van der Waals surface area contributed by atoms with Crippen molar-refractivity contribution in [1.29, 1.82) is 0 Å². The van der Waals surface area contributed by atoms with Crippen molar-refractivity contribution in [2.75, 3.05) is 33.5 Å². The van der Waals surface area contributed by atoms with Crippen molar-refractivity contribution >= 4 is 11.8 Å². The van der Waals surface area contributed by atoms with Gasteiger partial charge in [-0.2, -0.15) is 16.9 Å². The van der Waals surface area contributed by atoms with Crippen LogP contribution in [-0.2, 0) is 6.54 Å². The monoisotopic (exact) mass is 300 g/mol. The van der Waals surface area contributed by atoms with Crippen LogP contribution in [0.2, 0.25) is 0 Å². The van der Waals surface area contributed by atoms with Crippen molar-refractivity contribution in [1.82, 2.24) is 14.7 Å². The number of aromatic nitrogens is 2. The molecule has 2 unspecified atom stereocenters. The van der Waals surface area contributed by atoms with Crippen LogP contribution in [0.5, 0.6) is 5.75 Å². The van der Waals surface area contributed by atoms with E-state index in [1.54, 1.807) is 13.3 Å². The van der Waals surface area contributed by atoms with Gasteiger partial charge in [-0.1, -0.05) is 13.8 Å². The highest BCUT2D eigenvalue weighted by Gasteiger charge is 2.19. The van der Waals surface area contributed by atoms with E-state index < -0.39 is 0 Å². The minimum absolute atomic E-state index is 0.0476. The van der Waals surface area contributed by atoms with E-state index in [4.69, 9.17) is 10.5 Å². The summed E-state index contributed by atoms with van der Waals surface area (Å²) >= 11 is 1.90. The molecule has 0 aliphatic carbocycles. The number of rotatable bonds is 9. The van der Waals surface area contributed by atoms with Crippen LogP contribution in [0.1, 0.15) is 32.0 Å².